The van der Waals surface area contributed by atoms with Gasteiger partial charge in [-0.05, 0) is 11.8 Å². The molecule has 0 bridgehead atoms. The van der Waals surface area contributed by atoms with Crippen LogP contribution in [0.3, 0.4) is 0 Å². The second-order valence-corrected chi connectivity index (χ2v) is 4.94. The molecule has 0 spiro atoms. The van der Waals surface area contributed by atoms with Crippen molar-refractivity contribution in [1.82, 2.24) is 0 Å². The predicted molar refractivity (Wildman–Crippen MR) is 46.3 cm³/mol. The van der Waals surface area contributed by atoms with Gasteiger partial charge in [0.25, 0.3) is 5.41 Å². The Labute approximate surface area is 93.6 Å². The number of hydrogen-bond donors (Lipinski definition) is 1. The first-order valence-corrected chi connectivity index (χ1v) is 4.52. The van der Waals surface area contributed by atoms with Gasteiger partial charge >= 0.3 is 18.3 Å². The standard InChI is InChI=1S/C9H12F6O2/c1-6(2,3)4-7(5(16)17,8(10,11)12)9(13,14)15/h4H2,1-3H3,(H,16,17). The van der Waals surface area contributed by atoms with E-state index in [1.807, 2.05) is 0 Å². The minimum absolute atomic E-state index is 1.11. The molecule has 2 nitrogen and oxygen atoms in total. The van der Waals surface area contributed by atoms with Crippen molar-refractivity contribution in [3.63, 3.8) is 0 Å². The molecule has 0 saturated carbocycles. The van der Waals surface area contributed by atoms with Gasteiger partial charge in [-0.1, -0.05) is 20.8 Å². The molecule has 0 saturated heterocycles. The number of alkyl halides is 6. The maximum absolute atomic E-state index is 12.6. The van der Waals surface area contributed by atoms with E-state index in [0.29, 0.717) is 0 Å². The monoisotopic (exact) mass is 266 g/mol. The summed E-state index contributed by atoms with van der Waals surface area (Å²) < 4.78 is 75.3. The lowest BCUT2D eigenvalue weighted by molar-refractivity contribution is -0.338. The molecule has 0 radical (unpaired) electrons. The molecule has 8 heteroatoms. The Morgan fingerprint density at radius 3 is 1.29 bits per heavy atom. The van der Waals surface area contributed by atoms with Crippen LogP contribution in [0.5, 0.6) is 0 Å². The van der Waals surface area contributed by atoms with Crippen molar-refractivity contribution in [3.05, 3.63) is 0 Å². The van der Waals surface area contributed by atoms with E-state index in [0.717, 1.165) is 20.8 Å². The average molecular weight is 266 g/mol. The highest BCUT2D eigenvalue weighted by molar-refractivity contribution is 5.77. The summed E-state index contributed by atoms with van der Waals surface area (Å²) in [5.74, 6) is -2.92. The molecule has 0 fully saturated rings. The summed E-state index contributed by atoms with van der Waals surface area (Å²) in [6, 6.07) is 0. The third kappa shape index (κ3) is 3.04. The third-order valence-corrected chi connectivity index (χ3v) is 2.13. The first kappa shape index (κ1) is 16.1. The van der Waals surface area contributed by atoms with Gasteiger partial charge in [0, 0.05) is 0 Å². The predicted octanol–water partition coefficient (Wildman–Crippen LogP) is 3.62. The highest BCUT2D eigenvalue weighted by atomic mass is 19.4. The van der Waals surface area contributed by atoms with Crippen LogP contribution in [0.25, 0.3) is 0 Å². The quantitative estimate of drug-likeness (QED) is 0.775. The highest BCUT2D eigenvalue weighted by Crippen LogP contribution is 2.55. The van der Waals surface area contributed by atoms with Gasteiger partial charge in [-0.25, -0.2) is 0 Å². The highest BCUT2D eigenvalue weighted by Gasteiger charge is 2.76. The lowest BCUT2D eigenvalue weighted by Crippen LogP contribution is -2.57. The molecule has 1 N–H and O–H groups in total. The van der Waals surface area contributed by atoms with Crippen LogP contribution in [0, 0.1) is 10.8 Å². The van der Waals surface area contributed by atoms with Gasteiger partial charge in [0.1, 0.15) is 0 Å². The van der Waals surface area contributed by atoms with Gasteiger partial charge in [0.15, 0.2) is 0 Å². The van der Waals surface area contributed by atoms with Crippen molar-refractivity contribution >= 4 is 5.97 Å². The minimum atomic E-state index is -5.90. The molecule has 0 aromatic rings. The molecule has 0 aliphatic carbocycles. The van der Waals surface area contributed by atoms with Crippen molar-refractivity contribution in [3.8, 4) is 0 Å². The van der Waals surface area contributed by atoms with Gasteiger partial charge in [-0.15, -0.1) is 0 Å². The van der Waals surface area contributed by atoms with Gasteiger partial charge < -0.3 is 5.11 Å². The van der Waals surface area contributed by atoms with E-state index < -0.39 is 35.6 Å². The van der Waals surface area contributed by atoms with Gasteiger partial charge in [-0.3, -0.25) is 4.79 Å². The van der Waals surface area contributed by atoms with Crippen LogP contribution in [0.15, 0.2) is 0 Å². The molecule has 0 aromatic heterocycles. The fourth-order valence-electron chi connectivity index (χ4n) is 1.47. The summed E-state index contributed by atoms with van der Waals surface area (Å²) in [5, 5.41) is 8.42. The molecule has 0 aromatic carbocycles. The van der Waals surface area contributed by atoms with Gasteiger partial charge in [0.2, 0.25) is 0 Å². The maximum Gasteiger partial charge on any atom is 0.413 e. The second-order valence-electron chi connectivity index (χ2n) is 4.94. The van der Waals surface area contributed by atoms with Crippen LogP contribution in [0.1, 0.15) is 27.2 Å². The van der Waals surface area contributed by atoms with E-state index >= 15 is 0 Å². The summed E-state index contributed by atoms with van der Waals surface area (Å²) >= 11 is 0. The minimum Gasteiger partial charge on any atom is -0.480 e. The van der Waals surface area contributed by atoms with E-state index in [1.54, 1.807) is 0 Å². The topological polar surface area (TPSA) is 37.3 Å². The third-order valence-electron chi connectivity index (χ3n) is 2.13. The molecule has 0 heterocycles. The Bertz CT molecular complexity index is 282. The zero-order chi connectivity index (χ0) is 14.3. The molecule has 0 aliphatic rings. The Hall–Kier alpha value is -0.950. The molecule has 0 unspecified atom stereocenters. The van der Waals surface area contributed by atoms with E-state index in [1.165, 1.54) is 0 Å². The van der Waals surface area contributed by atoms with E-state index in [4.69, 9.17) is 5.11 Å². The fraction of sp³-hybridized carbons (Fsp3) is 0.889. The molecular weight excluding hydrogens is 254 g/mol. The molecule has 0 atom stereocenters. The zero-order valence-corrected chi connectivity index (χ0v) is 9.33. The van der Waals surface area contributed by atoms with Crippen LogP contribution >= 0.6 is 0 Å². The molecule has 0 amide bonds. The number of hydrogen-bond acceptors (Lipinski definition) is 1. The first-order valence-electron chi connectivity index (χ1n) is 4.52. The van der Waals surface area contributed by atoms with E-state index in [9.17, 15) is 31.1 Å². The lowest BCUT2D eigenvalue weighted by atomic mass is 9.72. The van der Waals surface area contributed by atoms with Gasteiger partial charge in [-0.2, -0.15) is 26.3 Å². The van der Waals surface area contributed by atoms with Gasteiger partial charge in [0.05, 0.1) is 0 Å². The Kier molecular flexibility index (Phi) is 3.83. The second kappa shape index (κ2) is 4.06. The number of halogens is 6. The van der Waals surface area contributed by atoms with Crippen molar-refractivity contribution in [2.45, 2.75) is 39.5 Å². The first-order chi connectivity index (χ1) is 7.15. The van der Waals surface area contributed by atoms with Crippen LogP contribution in [0.2, 0.25) is 0 Å². The summed E-state index contributed by atoms with van der Waals surface area (Å²) in [6.07, 6.45) is -13.4. The lowest BCUT2D eigenvalue weighted by Gasteiger charge is -2.37. The summed E-state index contributed by atoms with van der Waals surface area (Å²) in [7, 11) is 0. The molecular formula is C9H12F6O2. The van der Waals surface area contributed by atoms with Crippen molar-refractivity contribution < 1.29 is 36.2 Å². The largest absolute Gasteiger partial charge is 0.480 e. The van der Waals surface area contributed by atoms with Crippen LogP contribution in [0.4, 0.5) is 26.3 Å². The Morgan fingerprint density at radius 2 is 1.24 bits per heavy atom. The smallest absolute Gasteiger partial charge is 0.413 e. The van der Waals surface area contributed by atoms with Crippen molar-refractivity contribution in [2.24, 2.45) is 10.8 Å². The number of aliphatic carboxylic acids is 1. The Morgan fingerprint density at radius 1 is 0.941 bits per heavy atom. The molecule has 0 rings (SSSR count). The van der Waals surface area contributed by atoms with E-state index in [2.05, 4.69) is 0 Å². The summed E-state index contributed by atoms with van der Waals surface area (Å²) in [5.41, 5.74) is -6.17. The summed E-state index contributed by atoms with van der Waals surface area (Å²) in [4.78, 5) is 10.6. The zero-order valence-electron chi connectivity index (χ0n) is 9.33. The SMILES string of the molecule is CC(C)(C)CC(C(=O)O)(C(F)(F)F)C(F)(F)F. The average Bonchev–Trinajstić information content (AvgIpc) is 1.92. The van der Waals surface area contributed by atoms with Crippen molar-refractivity contribution in [2.75, 3.05) is 0 Å². The summed E-state index contributed by atoms with van der Waals surface area (Å²) in [6.45, 7) is 3.34. The normalized spacial score (nSPS) is 14.9. The maximum atomic E-state index is 12.6. The number of carboxylic acids is 1. The van der Waals surface area contributed by atoms with E-state index in [-0.39, 0.29) is 0 Å². The fourth-order valence-corrected chi connectivity index (χ4v) is 1.47. The van der Waals surface area contributed by atoms with Crippen molar-refractivity contribution in [1.29, 1.82) is 0 Å². The number of rotatable bonds is 2. The number of carboxylic acid groups (broad SMARTS) is 1. The van der Waals surface area contributed by atoms with Crippen LogP contribution in [-0.2, 0) is 4.79 Å². The number of carbonyl (C=O) groups is 1. The van der Waals surface area contributed by atoms with Crippen LogP contribution < -0.4 is 0 Å². The molecule has 0 aliphatic heterocycles. The Balaban J connectivity index is 5.88. The molecule has 17 heavy (non-hydrogen) atoms. The molecule has 102 valence electrons. The van der Waals surface area contributed by atoms with Crippen LogP contribution in [-0.4, -0.2) is 23.4 Å².